The Kier molecular flexibility index (Phi) is 8.27. The molecule has 1 aliphatic rings. The summed E-state index contributed by atoms with van der Waals surface area (Å²) in [7, 11) is -4.05. The van der Waals surface area contributed by atoms with Crippen molar-refractivity contribution in [1.82, 2.24) is 4.90 Å². The summed E-state index contributed by atoms with van der Waals surface area (Å²) < 4.78 is 69.0. The average molecular weight is 594 g/mol. The number of anilines is 2. The molecule has 4 aromatic carbocycles. The van der Waals surface area contributed by atoms with E-state index in [9.17, 15) is 26.4 Å². The van der Waals surface area contributed by atoms with Crippen molar-refractivity contribution in [2.24, 2.45) is 0 Å². The normalized spacial score (nSPS) is 14.1. The molecule has 0 spiro atoms. The molecule has 218 valence electrons. The molecule has 42 heavy (non-hydrogen) atoms. The topological polar surface area (TPSA) is 60.9 Å². The Labute approximate surface area is 243 Å². The van der Waals surface area contributed by atoms with Crippen LogP contribution in [-0.4, -0.2) is 45.4 Å². The van der Waals surface area contributed by atoms with Crippen molar-refractivity contribution < 1.29 is 26.4 Å². The predicted octanol–water partition coefficient (Wildman–Crippen LogP) is 6.37. The fraction of sp³-hybridized carbons (Fsp3) is 0.219. The summed E-state index contributed by atoms with van der Waals surface area (Å²) in [6.45, 7) is 3.11. The van der Waals surface area contributed by atoms with Gasteiger partial charge in [-0.3, -0.25) is 9.10 Å². The quantitative estimate of drug-likeness (QED) is 0.250. The SMILES string of the molecule is Cc1ccc(S(=O)(=O)N(Cc2ccccc2)c2ccccc2C(=O)N2CCN(c3cccc(C(F)(F)F)c3)CC2)cc1. The van der Waals surface area contributed by atoms with Crippen molar-refractivity contribution in [1.29, 1.82) is 0 Å². The minimum Gasteiger partial charge on any atom is -0.368 e. The molecule has 0 N–H and O–H groups in total. The molecule has 4 aromatic rings. The lowest BCUT2D eigenvalue weighted by molar-refractivity contribution is -0.137. The van der Waals surface area contributed by atoms with Gasteiger partial charge in [0, 0.05) is 31.9 Å². The number of carbonyl (C=O) groups excluding carboxylic acids is 1. The third kappa shape index (κ3) is 6.28. The standard InChI is InChI=1S/C32H30F3N3O3S/c1-24-14-16-28(17-15-24)42(40,41)38(23-25-8-3-2-4-9-25)30-13-6-5-12-29(30)31(39)37-20-18-36(19-21-37)27-11-7-10-26(22-27)32(33,34)35/h2-17,22H,18-21,23H2,1H3. The van der Waals surface area contributed by atoms with Crippen molar-refractivity contribution in [3.8, 4) is 0 Å². The van der Waals surface area contributed by atoms with Crippen molar-refractivity contribution in [2.75, 3.05) is 35.4 Å². The third-order valence-electron chi connectivity index (χ3n) is 7.29. The number of alkyl halides is 3. The van der Waals surface area contributed by atoms with Crippen LogP contribution in [0.4, 0.5) is 24.5 Å². The monoisotopic (exact) mass is 593 g/mol. The molecule has 0 saturated carbocycles. The van der Waals surface area contributed by atoms with E-state index in [4.69, 9.17) is 0 Å². The number of aryl methyl sites for hydroxylation is 1. The van der Waals surface area contributed by atoms with Gasteiger partial charge in [-0.2, -0.15) is 13.2 Å². The number of hydrogen-bond acceptors (Lipinski definition) is 4. The first-order chi connectivity index (χ1) is 20.0. The number of carbonyl (C=O) groups is 1. The van der Waals surface area contributed by atoms with Crippen LogP contribution in [0.5, 0.6) is 0 Å². The Hall–Kier alpha value is -4.31. The maximum Gasteiger partial charge on any atom is 0.416 e. The molecule has 1 amide bonds. The number of hydrogen-bond donors (Lipinski definition) is 0. The van der Waals surface area contributed by atoms with Gasteiger partial charge in [0.25, 0.3) is 15.9 Å². The second-order valence-corrected chi connectivity index (χ2v) is 12.0. The number of rotatable bonds is 7. The molecule has 0 bridgehead atoms. The number of benzene rings is 4. The molecule has 5 rings (SSSR count). The number of nitrogens with zero attached hydrogens (tertiary/aromatic N) is 3. The third-order valence-corrected chi connectivity index (χ3v) is 9.06. The van der Waals surface area contributed by atoms with E-state index in [0.717, 1.165) is 23.3 Å². The van der Waals surface area contributed by atoms with Gasteiger partial charge in [-0.1, -0.05) is 66.2 Å². The molecule has 0 atom stereocenters. The van der Waals surface area contributed by atoms with Gasteiger partial charge in [-0.15, -0.1) is 0 Å². The summed E-state index contributed by atoms with van der Waals surface area (Å²) in [5.74, 6) is -0.341. The molecule has 1 aliphatic heterocycles. The van der Waals surface area contributed by atoms with Crippen molar-refractivity contribution in [3.63, 3.8) is 0 Å². The van der Waals surface area contributed by atoms with Gasteiger partial charge >= 0.3 is 6.18 Å². The van der Waals surface area contributed by atoms with Crippen LogP contribution in [0, 0.1) is 6.92 Å². The predicted molar refractivity (Wildman–Crippen MR) is 157 cm³/mol. The summed E-state index contributed by atoms with van der Waals surface area (Å²) >= 11 is 0. The van der Waals surface area contributed by atoms with Gasteiger partial charge in [0.05, 0.1) is 28.3 Å². The fourth-order valence-electron chi connectivity index (χ4n) is 4.98. The van der Waals surface area contributed by atoms with Gasteiger partial charge in [-0.05, 0) is 55.0 Å². The van der Waals surface area contributed by atoms with E-state index in [0.29, 0.717) is 18.8 Å². The van der Waals surface area contributed by atoms with E-state index in [2.05, 4.69) is 0 Å². The molecule has 0 unspecified atom stereocenters. The van der Waals surface area contributed by atoms with Crippen LogP contribution in [0.15, 0.2) is 108 Å². The first kappa shape index (κ1) is 29.2. The summed E-state index contributed by atoms with van der Waals surface area (Å²) in [6, 6.07) is 27.5. The fourth-order valence-corrected chi connectivity index (χ4v) is 6.45. The first-order valence-corrected chi connectivity index (χ1v) is 14.9. The molecule has 0 radical (unpaired) electrons. The van der Waals surface area contributed by atoms with Crippen LogP contribution >= 0.6 is 0 Å². The van der Waals surface area contributed by atoms with Gasteiger partial charge in [0.2, 0.25) is 0 Å². The largest absolute Gasteiger partial charge is 0.416 e. The van der Waals surface area contributed by atoms with Crippen molar-refractivity contribution in [3.05, 3.63) is 125 Å². The lowest BCUT2D eigenvalue weighted by Crippen LogP contribution is -2.49. The van der Waals surface area contributed by atoms with Gasteiger partial charge in [0.1, 0.15) is 0 Å². The van der Waals surface area contributed by atoms with E-state index >= 15 is 0 Å². The van der Waals surface area contributed by atoms with E-state index in [1.807, 2.05) is 42.2 Å². The zero-order valence-corrected chi connectivity index (χ0v) is 23.8. The Morgan fingerprint density at radius 1 is 0.810 bits per heavy atom. The molecular formula is C32H30F3N3O3S. The van der Waals surface area contributed by atoms with Gasteiger partial charge < -0.3 is 9.80 Å². The van der Waals surface area contributed by atoms with Crippen LogP contribution in [0.2, 0.25) is 0 Å². The van der Waals surface area contributed by atoms with Gasteiger partial charge in [-0.25, -0.2) is 8.42 Å². The number of sulfonamides is 1. The maximum atomic E-state index is 14.0. The summed E-state index contributed by atoms with van der Waals surface area (Å²) in [5.41, 5.74) is 1.88. The van der Waals surface area contributed by atoms with Crippen LogP contribution in [0.25, 0.3) is 0 Å². The minimum absolute atomic E-state index is 0.0185. The molecule has 0 aromatic heterocycles. The number of amides is 1. The zero-order chi connectivity index (χ0) is 29.9. The second kappa shape index (κ2) is 11.9. The Balaban J connectivity index is 1.43. The summed E-state index contributed by atoms with van der Waals surface area (Å²) in [5, 5.41) is 0. The van der Waals surface area contributed by atoms with Crippen molar-refractivity contribution in [2.45, 2.75) is 24.5 Å². The number of piperazine rings is 1. The smallest absolute Gasteiger partial charge is 0.368 e. The van der Waals surface area contributed by atoms with Gasteiger partial charge in [0.15, 0.2) is 0 Å². The first-order valence-electron chi connectivity index (χ1n) is 13.5. The summed E-state index contributed by atoms with van der Waals surface area (Å²) in [6.07, 6.45) is -4.44. The lowest BCUT2D eigenvalue weighted by atomic mass is 10.1. The Morgan fingerprint density at radius 2 is 1.45 bits per heavy atom. The van der Waals surface area contributed by atoms with Crippen LogP contribution in [-0.2, 0) is 22.7 Å². The highest BCUT2D eigenvalue weighted by Gasteiger charge is 2.33. The molecule has 1 saturated heterocycles. The molecule has 6 nitrogen and oxygen atoms in total. The average Bonchev–Trinajstić information content (AvgIpc) is 3.00. The van der Waals surface area contributed by atoms with Crippen LogP contribution in [0.3, 0.4) is 0 Å². The molecule has 1 heterocycles. The number of halogens is 3. The highest BCUT2D eigenvalue weighted by Crippen LogP contribution is 2.33. The van der Waals surface area contributed by atoms with E-state index < -0.39 is 21.8 Å². The lowest BCUT2D eigenvalue weighted by Gasteiger charge is -2.37. The van der Waals surface area contributed by atoms with Crippen LogP contribution < -0.4 is 9.21 Å². The number of para-hydroxylation sites is 1. The molecule has 0 aliphatic carbocycles. The Morgan fingerprint density at radius 3 is 2.12 bits per heavy atom. The van der Waals surface area contributed by atoms with Crippen LogP contribution in [0.1, 0.15) is 27.0 Å². The van der Waals surface area contributed by atoms with E-state index in [1.165, 1.54) is 10.4 Å². The minimum atomic E-state index is -4.44. The molecule has 10 heteroatoms. The van der Waals surface area contributed by atoms with Crippen molar-refractivity contribution >= 4 is 27.3 Å². The van der Waals surface area contributed by atoms with E-state index in [1.54, 1.807) is 59.5 Å². The summed E-state index contributed by atoms with van der Waals surface area (Å²) in [4.78, 5) is 17.4. The highest BCUT2D eigenvalue weighted by molar-refractivity contribution is 7.92. The zero-order valence-electron chi connectivity index (χ0n) is 23.0. The second-order valence-electron chi connectivity index (χ2n) is 10.2. The molecule has 1 fully saturated rings. The molecular weight excluding hydrogens is 563 g/mol. The Bertz CT molecular complexity index is 1650. The maximum absolute atomic E-state index is 14.0. The highest BCUT2D eigenvalue weighted by atomic mass is 32.2. The van der Waals surface area contributed by atoms with E-state index in [-0.39, 0.29) is 41.7 Å².